The van der Waals surface area contributed by atoms with Gasteiger partial charge in [0.15, 0.2) is 0 Å². The second-order valence-electron chi connectivity index (χ2n) is 6.71. The van der Waals surface area contributed by atoms with Crippen molar-refractivity contribution in [3.63, 3.8) is 0 Å². The fourth-order valence-electron chi connectivity index (χ4n) is 3.68. The predicted molar refractivity (Wildman–Crippen MR) is 63.9 cm³/mol. The molecule has 0 aliphatic heterocycles. The highest BCUT2D eigenvalue weighted by atomic mass is 14.7. The van der Waals surface area contributed by atoms with E-state index in [2.05, 4.69) is 51.1 Å². The van der Waals surface area contributed by atoms with Crippen LogP contribution in [0.5, 0.6) is 0 Å². The topological polar surface area (TPSA) is 0 Å². The third-order valence-corrected chi connectivity index (χ3v) is 5.01. The molecule has 1 aromatic rings. The van der Waals surface area contributed by atoms with E-state index in [0.29, 0.717) is 16.2 Å². The van der Waals surface area contributed by atoms with Gasteiger partial charge in [-0.3, -0.25) is 0 Å². The first-order valence-corrected chi connectivity index (χ1v) is 6.03. The van der Waals surface area contributed by atoms with E-state index in [4.69, 9.17) is 0 Å². The van der Waals surface area contributed by atoms with Crippen LogP contribution in [0.1, 0.15) is 45.6 Å². The zero-order valence-electron chi connectivity index (χ0n) is 10.0. The molecule has 0 unspecified atom stereocenters. The van der Waals surface area contributed by atoms with Crippen molar-refractivity contribution in [1.82, 2.24) is 0 Å². The minimum absolute atomic E-state index is 0.504. The Labute approximate surface area is 92.7 Å². The average Bonchev–Trinajstić information content (AvgIpc) is 1.98. The minimum Gasteiger partial charge on any atom is -0.0622 e. The highest BCUT2D eigenvalue weighted by Crippen LogP contribution is 2.79. The molecule has 0 spiro atoms. The summed E-state index contributed by atoms with van der Waals surface area (Å²) in [5.74, 6) is 0. The fraction of sp³-hybridized carbons (Fsp3) is 0.600. The van der Waals surface area contributed by atoms with Crippen LogP contribution in [0.4, 0.5) is 0 Å². The van der Waals surface area contributed by atoms with Gasteiger partial charge >= 0.3 is 0 Å². The van der Waals surface area contributed by atoms with Crippen molar-refractivity contribution in [1.29, 1.82) is 0 Å². The van der Waals surface area contributed by atoms with Gasteiger partial charge in [-0.2, -0.15) is 0 Å². The molecule has 0 amide bonds. The van der Waals surface area contributed by atoms with Gasteiger partial charge in [0.2, 0.25) is 0 Å². The lowest BCUT2D eigenvalue weighted by atomic mass is 9.28. The largest absolute Gasteiger partial charge is 0.0622 e. The van der Waals surface area contributed by atoms with Gasteiger partial charge in [0.25, 0.3) is 0 Å². The third kappa shape index (κ3) is 1.03. The van der Waals surface area contributed by atoms with Gasteiger partial charge < -0.3 is 0 Å². The van der Waals surface area contributed by atoms with Crippen molar-refractivity contribution in [3.05, 3.63) is 35.9 Å². The van der Waals surface area contributed by atoms with Crippen molar-refractivity contribution >= 4 is 0 Å². The summed E-state index contributed by atoms with van der Waals surface area (Å²) in [4.78, 5) is 0. The summed E-state index contributed by atoms with van der Waals surface area (Å²) in [6, 6.07) is 11.1. The van der Waals surface area contributed by atoms with Crippen LogP contribution in [0.2, 0.25) is 0 Å². The molecule has 3 saturated carbocycles. The summed E-state index contributed by atoms with van der Waals surface area (Å²) < 4.78 is 0. The zero-order chi connectivity index (χ0) is 10.7. The molecule has 0 atom stereocenters. The van der Waals surface area contributed by atoms with E-state index in [-0.39, 0.29) is 0 Å². The molecule has 0 aromatic heterocycles. The highest BCUT2D eigenvalue weighted by Gasteiger charge is 2.71. The highest BCUT2D eigenvalue weighted by molar-refractivity contribution is 5.39. The van der Waals surface area contributed by atoms with Crippen LogP contribution in [0.3, 0.4) is 0 Å². The molecule has 0 nitrogen and oxygen atoms in total. The smallest absolute Gasteiger partial charge is 0.00305 e. The summed E-state index contributed by atoms with van der Waals surface area (Å²) in [6.07, 6.45) is 4.27. The SMILES string of the molecule is CC(C)(C)C12CC(c3ccccc3)(C1)C2. The second-order valence-corrected chi connectivity index (χ2v) is 6.71. The molecule has 0 saturated heterocycles. The summed E-state index contributed by atoms with van der Waals surface area (Å²) >= 11 is 0. The summed E-state index contributed by atoms with van der Waals surface area (Å²) in [5.41, 5.74) is 3.33. The molecule has 15 heavy (non-hydrogen) atoms. The molecular weight excluding hydrogens is 180 g/mol. The Morgan fingerprint density at radius 2 is 1.47 bits per heavy atom. The molecular formula is C15H20. The standard InChI is InChI=1S/C15H20/c1-13(2,3)15-9-14(10-15,11-15)12-7-5-4-6-8-12/h4-8H,9-11H2,1-3H3. The number of hydrogen-bond acceptors (Lipinski definition) is 0. The first-order chi connectivity index (χ1) is 6.98. The number of hydrogen-bond donors (Lipinski definition) is 0. The van der Waals surface area contributed by atoms with Crippen LogP contribution < -0.4 is 0 Å². The van der Waals surface area contributed by atoms with Gasteiger partial charge in [0.05, 0.1) is 0 Å². The van der Waals surface area contributed by atoms with Crippen molar-refractivity contribution < 1.29 is 0 Å². The van der Waals surface area contributed by atoms with E-state index in [1.165, 1.54) is 19.3 Å². The van der Waals surface area contributed by atoms with Gasteiger partial charge in [-0.05, 0) is 41.1 Å². The van der Waals surface area contributed by atoms with Crippen LogP contribution in [0.15, 0.2) is 30.3 Å². The van der Waals surface area contributed by atoms with Crippen LogP contribution in [0.25, 0.3) is 0 Å². The predicted octanol–water partition coefficient (Wildman–Crippen LogP) is 4.15. The molecule has 0 radical (unpaired) electrons. The Hall–Kier alpha value is -0.780. The molecule has 3 fully saturated rings. The van der Waals surface area contributed by atoms with Gasteiger partial charge in [-0.1, -0.05) is 51.1 Å². The monoisotopic (exact) mass is 200 g/mol. The van der Waals surface area contributed by atoms with Crippen LogP contribution in [-0.4, -0.2) is 0 Å². The molecule has 80 valence electrons. The van der Waals surface area contributed by atoms with Crippen LogP contribution in [-0.2, 0) is 5.41 Å². The van der Waals surface area contributed by atoms with Crippen molar-refractivity contribution in [2.75, 3.05) is 0 Å². The molecule has 0 heterocycles. The summed E-state index contributed by atoms with van der Waals surface area (Å²) in [6.45, 7) is 7.21. The van der Waals surface area contributed by atoms with E-state index < -0.39 is 0 Å². The van der Waals surface area contributed by atoms with E-state index in [1.807, 2.05) is 0 Å². The van der Waals surface area contributed by atoms with Gasteiger partial charge in [0, 0.05) is 0 Å². The first kappa shape index (κ1) is 9.45. The Kier molecular flexibility index (Phi) is 1.56. The Bertz CT molecular complexity index is 360. The normalized spacial score (nSPS) is 38.1. The summed E-state index contributed by atoms with van der Waals surface area (Å²) in [7, 11) is 0. The van der Waals surface area contributed by atoms with Gasteiger partial charge in [-0.15, -0.1) is 0 Å². The molecule has 3 aliphatic rings. The van der Waals surface area contributed by atoms with Crippen LogP contribution >= 0.6 is 0 Å². The Balaban J connectivity index is 1.82. The number of rotatable bonds is 1. The van der Waals surface area contributed by atoms with Crippen molar-refractivity contribution in [2.45, 2.75) is 45.4 Å². The molecule has 4 rings (SSSR count). The van der Waals surface area contributed by atoms with Gasteiger partial charge in [-0.25, -0.2) is 0 Å². The van der Waals surface area contributed by atoms with E-state index in [0.717, 1.165) is 0 Å². The lowest BCUT2D eigenvalue weighted by Gasteiger charge is -2.76. The molecule has 0 heteroatoms. The minimum atomic E-state index is 0.504. The second kappa shape index (κ2) is 2.48. The van der Waals surface area contributed by atoms with E-state index >= 15 is 0 Å². The lowest BCUT2D eigenvalue weighted by Crippen LogP contribution is -2.69. The maximum absolute atomic E-state index is 2.40. The van der Waals surface area contributed by atoms with Crippen LogP contribution in [0, 0.1) is 10.8 Å². The van der Waals surface area contributed by atoms with E-state index in [1.54, 1.807) is 5.56 Å². The lowest BCUT2D eigenvalue weighted by molar-refractivity contribution is -0.208. The average molecular weight is 200 g/mol. The molecule has 3 aliphatic carbocycles. The maximum Gasteiger partial charge on any atom is -0.00305 e. The number of benzene rings is 1. The zero-order valence-corrected chi connectivity index (χ0v) is 10.0. The third-order valence-electron chi connectivity index (χ3n) is 5.01. The fourth-order valence-corrected chi connectivity index (χ4v) is 3.68. The first-order valence-electron chi connectivity index (χ1n) is 6.03. The molecule has 1 aromatic carbocycles. The van der Waals surface area contributed by atoms with E-state index in [9.17, 15) is 0 Å². The van der Waals surface area contributed by atoms with Crippen molar-refractivity contribution in [3.8, 4) is 0 Å². The Morgan fingerprint density at radius 3 is 1.93 bits per heavy atom. The molecule has 0 N–H and O–H groups in total. The summed E-state index contributed by atoms with van der Waals surface area (Å²) in [5, 5.41) is 0. The maximum atomic E-state index is 2.40. The van der Waals surface area contributed by atoms with Crippen molar-refractivity contribution in [2.24, 2.45) is 10.8 Å². The Morgan fingerprint density at radius 1 is 0.933 bits per heavy atom. The van der Waals surface area contributed by atoms with Gasteiger partial charge in [0.1, 0.15) is 0 Å². The quantitative estimate of drug-likeness (QED) is 0.638. The molecule has 2 bridgehead atoms.